The molecule has 0 saturated heterocycles. The summed E-state index contributed by atoms with van der Waals surface area (Å²) in [6.07, 6.45) is 2.84. The van der Waals surface area contributed by atoms with E-state index in [0.29, 0.717) is 27.6 Å². The van der Waals surface area contributed by atoms with E-state index in [1.165, 1.54) is 18.2 Å². The van der Waals surface area contributed by atoms with E-state index < -0.39 is 29.4 Å². The van der Waals surface area contributed by atoms with Gasteiger partial charge in [0.2, 0.25) is 11.9 Å². The molecule has 0 aliphatic heterocycles. The van der Waals surface area contributed by atoms with Crippen molar-refractivity contribution in [2.75, 3.05) is 0 Å². The first-order valence-corrected chi connectivity index (χ1v) is 11.4. The van der Waals surface area contributed by atoms with Crippen LogP contribution in [0.5, 0.6) is 0 Å². The fourth-order valence-corrected chi connectivity index (χ4v) is 4.21. The molecule has 2 heterocycles. The van der Waals surface area contributed by atoms with Gasteiger partial charge in [-0.15, -0.1) is 10.2 Å². The summed E-state index contributed by atoms with van der Waals surface area (Å²) in [6, 6.07) is 9.65. The Balaban J connectivity index is 1.55. The number of carbonyl (C=O) groups is 1. The van der Waals surface area contributed by atoms with Crippen molar-refractivity contribution in [1.29, 1.82) is 0 Å². The van der Waals surface area contributed by atoms with Crippen LogP contribution in [0, 0.1) is 22.7 Å². The molecule has 1 aliphatic rings. The third kappa shape index (κ3) is 4.53. The van der Waals surface area contributed by atoms with Crippen LogP contribution in [0.2, 0.25) is 0 Å². The van der Waals surface area contributed by atoms with Gasteiger partial charge in [0.1, 0.15) is 23.5 Å². The predicted molar refractivity (Wildman–Crippen MR) is 125 cm³/mol. The largest absolute Gasteiger partial charge is 0.618 e. The molecular formula is C26H22F3N5O2. The summed E-state index contributed by atoms with van der Waals surface area (Å²) in [5.74, 6) is -1.05. The first-order valence-electron chi connectivity index (χ1n) is 11.4. The van der Waals surface area contributed by atoms with E-state index in [1.54, 1.807) is 19.1 Å². The molecule has 1 atom stereocenters. The first-order chi connectivity index (χ1) is 17.2. The molecule has 0 radical (unpaired) electrons. The van der Waals surface area contributed by atoms with Gasteiger partial charge in [-0.25, -0.2) is 13.2 Å². The summed E-state index contributed by atoms with van der Waals surface area (Å²) in [4.78, 5) is 13.2. The maximum atomic E-state index is 14.7. The highest BCUT2D eigenvalue weighted by Crippen LogP contribution is 2.40. The molecule has 1 fully saturated rings. The second kappa shape index (κ2) is 9.10. The van der Waals surface area contributed by atoms with Crippen LogP contribution >= 0.6 is 0 Å². The normalized spacial score (nSPS) is 14.0. The lowest BCUT2D eigenvalue weighted by molar-refractivity contribution is -0.617. The van der Waals surface area contributed by atoms with Crippen LogP contribution < -0.4 is 10.0 Å². The van der Waals surface area contributed by atoms with Crippen LogP contribution in [0.4, 0.5) is 13.2 Å². The van der Waals surface area contributed by atoms with Gasteiger partial charge in [-0.2, -0.15) is 4.73 Å². The van der Waals surface area contributed by atoms with E-state index in [0.717, 1.165) is 43.1 Å². The van der Waals surface area contributed by atoms with Crippen molar-refractivity contribution in [2.24, 2.45) is 7.05 Å². The number of amides is 1. The number of nitrogens with zero attached hydrogens (tertiary/aromatic N) is 4. The zero-order valence-electron chi connectivity index (χ0n) is 19.5. The number of rotatable bonds is 6. The lowest BCUT2D eigenvalue weighted by Gasteiger charge is -2.15. The number of halogens is 3. The third-order valence-corrected chi connectivity index (χ3v) is 6.25. The minimum Gasteiger partial charge on any atom is -0.618 e. The van der Waals surface area contributed by atoms with Gasteiger partial charge in [-0.3, -0.25) is 4.79 Å². The number of nitrogens with one attached hydrogen (secondary N) is 1. The van der Waals surface area contributed by atoms with Crippen molar-refractivity contribution in [2.45, 2.75) is 31.7 Å². The fourth-order valence-electron chi connectivity index (χ4n) is 4.21. The Morgan fingerprint density at radius 3 is 2.47 bits per heavy atom. The molecule has 2 aromatic carbocycles. The highest BCUT2D eigenvalue weighted by molar-refractivity contribution is 5.97. The summed E-state index contributed by atoms with van der Waals surface area (Å²) < 4.78 is 43.7. The summed E-state index contributed by atoms with van der Waals surface area (Å²) in [7, 11) is 1.83. The van der Waals surface area contributed by atoms with Gasteiger partial charge < -0.3 is 15.1 Å². The van der Waals surface area contributed by atoms with Crippen molar-refractivity contribution < 1.29 is 22.7 Å². The van der Waals surface area contributed by atoms with Gasteiger partial charge in [-0.05, 0) is 61.7 Å². The van der Waals surface area contributed by atoms with Crippen molar-refractivity contribution in [3.8, 4) is 22.5 Å². The van der Waals surface area contributed by atoms with Crippen molar-refractivity contribution >= 4 is 5.91 Å². The topological polar surface area (TPSA) is 86.8 Å². The van der Waals surface area contributed by atoms with Crippen LogP contribution in [0.25, 0.3) is 22.5 Å². The average Bonchev–Trinajstić information content (AvgIpc) is 3.59. The molecule has 10 heteroatoms. The Hall–Kier alpha value is -4.21. The SMILES string of the molecule is C[C@@H](NC(=O)c1cc(-c2ccc(F)cc2F)cc(-c2nnc(C3CC3)n2C)c1)c1ccc(F)c[n+]1[O-]. The summed E-state index contributed by atoms with van der Waals surface area (Å²) in [5, 5.41) is 23.4. The number of hydrogen-bond donors (Lipinski definition) is 1. The second-order valence-electron chi connectivity index (χ2n) is 8.93. The molecule has 2 aromatic heterocycles. The summed E-state index contributed by atoms with van der Waals surface area (Å²) in [5.41, 5.74) is 1.30. The molecule has 1 N–H and O–H groups in total. The Labute approximate surface area is 204 Å². The molecule has 1 amide bonds. The van der Waals surface area contributed by atoms with Gasteiger partial charge in [0, 0.05) is 41.8 Å². The average molecular weight is 493 g/mol. The summed E-state index contributed by atoms with van der Waals surface area (Å²) in [6.45, 7) is 1.59. The molecule has 0 spiro atoms. The monoisotopic (exact) mass is 493 g/mol. The van der Waals surface area contributed by atoms with Crippen LogP contribution in [0.3, 0.4) is 0 Å². The quantitative estimate of drug-likeness (QED) is 0.315. The van der Waals surface area contributed by atoms with E-state index in [1.807, 2.05) is 11.6 Å². The van der Waals surface area contributed by atoms with Gasteiger partial charge >= 0.3 is 0 Å². The molecular weight excluding hydrogens is 471 g/mol. The van der Waals surface area contributed by atoms with Crippen LogP contribution in [0.15, 0.2) is 54.7 Å². The number of pyridine rings is 1. The van der Waals surface area contributed by atoms with Crippen LogP contribution in [-0.2, 0) is 7.05 Å². The molecule has 5 rings (SSSR count). The van der Waals surface area contributed by atoms with Crippen molar-refractivity contribution in [1.82, 2.24) is 20.1 Å². The predicted octanol–water partition coefficient (Wildman–Crippen LogP) is 4.57. The second-order valence-corrected chi connectivity index (χ2v) is 8.93. The zero-order chi connectivity index (χ0) is 25.6. The Morgan fingerprint density at radius 1 is 1.06 bits per heavy atom. The van der Waals surface area contributed by atoms with Crippen LogP contribution in [0.1, 0.15) is 53.6 Å². The van der Waals surface area contributed by atoms with Crippen molar-refractivity contribution in [3.63, 3.8) is 0 Å². The fraction of sp³-hybridized carbons (Fsp3) is 0.231. The van der Waals surface area contributed by atoms with E-state index in [-0.39, 0.29) is 16.8 Å². The molecule has 0 bridgehead atoms. The van der Waals surface area contributed by atoms with E-state index in [2.05, 4.69) is 15.5 Å². The standard InChI is InChI=1S/C26H22F3N5O2/c1-14(23-8-6-20(28)13-34(23)36)30-26(35)18-10-16(21-7-5-19(27)12-22(21)29)9-17(11-18)25-32-31-24(33(25)2)15-3-4-15/h5-15H,3-4H2,1-2H3,(H,30,35)/t14-/m1/s1. The van der Waals surface area contributed by atoms with Crippen molar-refractivity contribution in [3.05, 3.63) is 94.5 Å². The minimum absolute atomic E-state index is 0.112. The number of carbonyl (C=O) groups excluding carboxylic acids is 1. The molecule has 7 nitrogen and oxygen atoms in total. The molecule has 1 aliphatic carbocycles. The van der Waals surface area contributed by atoms with Crippen LogP contribution in [-0.4, -0.2) is 20.7 Å². The van der Waals surface area contributed by atoms with Gasteiger partial charge in [0.25, 0.3) is 5.91 Å². The third-order valence-electron chi connectivity index (χ3n) is 6.25. The maximum Gasteiger partial charge on any atom is 0.252 e. The number of aromatic nitrogens is 4. The lowest BCUT2D eigenvalue weighted by atomic mass is 9.98. The first kappa shape index (κ1) is 23.5. The molecule has 4 aromatic rings. The molecule has 36 heavy (non-hydrogen) atoms. The molecule has 1 saturated carbocycles. The lowest BCUT2D eigenvalue weighted by Crippen LogP contribution is -2.38. The van der Waals surface area contributed by atoms with E-state index in [9.17, 15) is 23.2 Å². The Bertz CT molecular complexity index is 1480. The van der Waals surface area contributed by atoms with Gasteiger partial charge in [0.05, 0.1) is 0 Å². The Morgan fingerprint density at radius 2 is 1.78 bits per heavy atom. The summed E-state index contributed by atoms with van der Waals surface area (Å²) >= 11 is 0. The highest BCUT2D eigenvalue weighted by Gasteiger charge is 2.30. The Kier molecular flexibility index (Phi) is 5.95. The van der Waals surface area contributed by atoms with Gasteiger partial charge in [0.15, 0.2) is 11.6 Å². The smallest absolute Gasteiger partial charge is 0.252 e. The highest BCUT2D eigenvalue weighted by atomic mass is 19.1. The van der Waals surface area contributed by atoms with Gasteiger partial charge in [-0.1, -0.05) is 0 Å². The van der Waals surface area contributed by atoms with E-state index in [4.69, 9.17) is 0 Å². The minimum atomic E-state index is -0.776. The number of benzene rings is 2. The zero-order valence-corrected chi connectivity index (χ0v) is 19.5. The molecule has 0 unspecified atom stereocenters. The molecule has 184 valence electrons. The number of hydrogen-bond acceptors (Lipinski definition) is 4. The van der Waals surface area contributed by atoms with E-state index >= 15 is 0 Å². The maximum absolute atomic E-state index is 14.7.